The van der Waals surface area contributed by atoms with Gasteiger partial charge in [-0.05, 0) is 12.0 Å². The van der Waals surface area contributed by atoms with E-state index < -0.39 is 6.04 Å². The van der Waals surface area contributed by atoms with E-state index in [0.29, 0.717) is 13.1 Å². The first-order valence-electron chi connectivity index (χ1n) is 6.40. The van der Waals surface area contributed by atoms with Crippen molar-refractivity contribution in [3.8, 4) is 0 Å². The molecule has 1 aromatic rings. The van der Waals surface area contributed by atoms with Crippen LogP contribution in [0.1, 0.15) is 31.4 Å². The van der Waals surface area contributed by atoms with Gasteiger partial charge in [0.25, 0.3) is 0 Å². The Labute approximate surface area is 108 Å². The Hall–Kier alpha value is -1.39. The SMILES string of the molecule is CCCCN(CCO)C(=O)[C@H](N)c1ccccc1. The van der Waals surface area contributed by atoms with E-state index in [4.69, 9.17) is 10.8 Å². The molecule has 0 aliphatic carbocycles. The minimum absolute atomic E-state index is 0.0308. The number of amides is 1. The Morgan fingerprint density at radius 2 is 2.00 bits per heavy atom. The molecule has 0 fully saturated rings. The highest BCUT2D eigenvalue weighted by Gasteiger charge is 2.21. The summed E-state index contributed by atoms with van der Waals surface area (Å²) in [7, 11) is 0. The predicted molar refractivity (Wildman–Crippen MR) is 71.9 cm³/mol. The average molecular weight is 250 g/mol. The maximum atomic E-state index is 12.2. The van der Waals surface area contributed by atoms with Crippen molar-refractivity contribution in [1.82, 2.24) is 4.90 Å². The van der Waals surface area contributed by atoms with Gasteiger partial charge in [-0.1, -0.05) is 43.7 Å². The van der Waals surface area contributed by atoms with Gasteiger partial charge in [0, 0.05) is 13.1 Å². The number of unbranched alkanes of at least 4 members (excludes halogenated alkanes) is 1. The first-order valence-corrected chi connectivity index (χ1v) is 6.40. The number of hydrogen-bond donors (Lipinski definition) is 2. The van der Waals surface area contributed by atoms with Crippen LogP contribution in [0, 0.1) is 0 Å². The molecule has 0 aliphatic heterocycles. The Morgan fingerprint density at radius 3 is 2.56 bits per heavy atom. The van der Waals surface area contributed by atoms with E-state index in [0.717, 1.165) is 18.4 Å². The molecule has 0 heterocycles. The Balaban J connectivity index is 2.69. The Bertz CT molecular complexity index is 354. The maximum Gasteiger partial charge on any atom is 0.244 e. The summed E-state index contributed by atoms with van der Waals surface area (Å²) >= 11 is 0. The molecule has 4 nitrogen and oxygen atoms in total. The lowest BCUT2D eigenvalue weighted by molar-refractivity contribution is -0.133. The molecule has 0 aromatic heterocycles. The molecule has 1 rings (SSSR count). The molecule has 3 N–H and O–H groups in total. The average Bonchev–Trinajstić information content (AvgIpc) is 2.43. The molecule has 1 aromatic carbocycles. The Kier molecular flexibility index (Phi) is 6.39. The van der Waals surface area contributed by atoms with Crippen LogP contribution < -0.4 is 5.73 Å². The molecule has 0 saturated carbocycles. The van der Waals surface area contributed by atoms with Crippen molar-refractivity contribution in [3.63, 3.8) is 0 Å². The van der Waals surface area contributed by atoms with Crippen LogP contribution >= 0.6 is 0 Å². The van der Waals surface area contributed by atoms with Gasteiger partial charge in [-0.2, -0.15) is 0 Å². The van der Waals surface area contributed by atoms with Crippen LogP contribution in [0.5, 0.6) is 0 Å². The molecule has 100 valence electrons. The summed E-state index contributed by atoms with van der Waals surface area (Å²) in [5, 5.41) is 9.00. The molecule has 18 heavy (non-hydrogen) atoms. The molecule has 1 amide bonds. The smallest absolute Gasteiger partial charge is 0.244 e. The molecule has 0 bridgehead atoms. The molecule has 0 aliphatic rings. The second-order valence-corrected chi connectivity index (χ2v) is 4.29. The van der Waals surface area contributed by atoms with Crippen LogP contribution in [-0.2, 0) is 4.79 Å². The Morgan fingerprint density at radius 1 is 1.33 bits per heavy atom. The van der Waals surface area contributed by atoms with E-state index in [-0.39, 0.29) is 12.5 Å². The van der Waals surface area contributed by atoms with Gasteiger partial charge in [0.15, 0.2) is 0 Å². The second kappa shape index (κ2) is 7.84. The summed E-state index contributed by atoms with van der Waals surface area (Å²) in [4.78, 5) is 13.9. The maximum absolute atomic E-state index is 12.2. The highest BCUT2D eigenvalue weighted by Crippen LogP contribution is 2.13. The van der Waals surface area contributed by atoms with E-state index in [2.05, 4.69) is 6.92 Å². The highest BCUT2D eigenvalue weighted by molar-refractivity contribution is 5.83. The number of aliphatic hydroxyl groups is 1. The van der Waals surface area contributed by atoms with Crippen molar-refractivity contribution in [2.75, 3.05) is 19.7 Å². The van der Waals surface area contributed by atoms with E-state index >= 15 is 0 Å². The van der Waals surface area contributed by atoms with Crippen LogP contribution in [-0.4, -0.2) is 35.6 Å². The number of nitrogens with two attached hydrogens (primary N) is 1. The molecule has 0 spiro atoms. The lowest BCUT2D eigenvalue weighted by Crippen LogP contribution is -2.40. The second-order valence-electron chi connectivity index (χ2n) is 4.29. The van der Waals surface area contributed by atoms with Gasteiger partial charge in [0.05, 0.1) is 6.61 Å². The summed E-state index contributed by atoms with van der Waals surface area (Å²) in [6.45, 7) is 3.03. The zero-order valence-electron chi connectivity index (χ0n) is 10.9. The highest BCUT2D eigenvalue weighted by atomic mass is 16.3. The molecule has 0 saturated heterocycles. The summed E-state index contributed by atoms with van der Waals surface area (Å²) in [5.41, 5.74) is 6.78. The molecule has 4 heteroatoms. The van der Waals surface area contributed by atoms with Gasteiger partial charge in [-0.3, -0.25) is 4.79 Å². The van der Waals surface area contributed by atoms with Crippen LogP contribution in [0.2, 0.25) is 0 Å². The zero-order chi connectivity index (χ0) is 13.4. The number of rotatable bonds is 7. The number of carbonyl (C=O) groups is 1. The van der Waals surface area contributed by atoms with Crippen molar-refractivity contribution >= 4 is 5.91 Å². The largest absolute Gasteiger partial charge is 0.395 e. The predicted octanol–water partition coefficient (Wildman–Crippen LogP) is 1.31. The van der Waals surface area contributed by atoms with E-state index in [9.17, 15) is 4.79 Å². The van der Waals surface area contributed by atoms with Crippen molar-refractivity contribution in [3.05, 3.63) is 35.9 Å². The zero-order valence-corrected chi connectivity index (χ0v) is 10.9. The lowest BCUT2D eigenvalue weighted by atomic mass is 10.1. The molecule has 0 radical (unpaired) electrons. The van der Waals surface area contributed by atoms with Gasteiger partial charge >= 0.3 is 0 Å². The fourth-order valence-electron chi connectivity index (χ4n) is 1.80. The minimum Gasteiger partial charge on any atom is -0.395 e. The number of nitrogens with zero attached hydrogens (tertiary/aromatic N) is 1. The number of benzene rings is 1. The summed E-state index contributed by atoms with van der Waals surface area (Å²) in [6, 6.07) is 8.67. The number of carbonyl (C=O) groups excluding carboxylic acids is 1. The molecular weight excluding hydrogens is 228 g/mol. The molecule has 0 unspecified atom stereocenters. The molecule has 1 atom stereocenters. The van der Waals surface area contributed by atoms with Gasteiger partial charge < -0.3 is 15.7 Å². The normalized spacial score (nSPS) is 12.2. The quantitative estimate of drug-likeness (QED) is 0.766. The van der Waals surface area contributed by atoms with Crippen LogP contribution in [0.4, 0.5) is 0 Å². The van der Waals surface area contributed by atoms with E-state index in [1.54, 1.807) is 4.90 Å². The molecular formula is C14H22N2O2. The van der Waals surface area contributed by atoms with Gasteiger partial charge in [0.2, 0.25) is 5.91 Å². The fourth-order valence-corrected chi connectivity index (χ4v) is 1.80. The fraction of sp³-hybridized carbons (Fsp3) is 0.500. The van der Waals surface area contributed by atoms with Gasteiger partial charge in [0.1, 0.15) is 6.04 Å². The standard InChI is InChI=1S/C14H22N2O2/c1-2-3-9-16(10-11-17)14(18)13(15)12-7-5-4-6-8-12/h4-8,13,17H,2-3,9-11,15H2,1H3/t13-/m1/s1. The third-order valence-corrected chi connectivity index (χ3v) is 2.89. The summed E-state index contributed by atoms with van der Waals surface area (Å²) in [5.74, 6) is -0.122. The van der Waals surface area contributed by atoms with Gasteiger partial charge in [-0.15, -0.1) is 0 Å². The van der Waals surface area contributed by atoms with Crippen LogP contribution in [0.3, 0.4) is 0 Å². The van der Waals surface area contributed by atoms with Crippen molar-refractivity contribution in [2.45, 2.75) is 25.8 Å². The van der Waals surface area contributed by atoms with Gasteiger partial charge in [-0.25, -0.2) is 0 Å². The summed E-state index contributed by atoms with van der Waals surface area (Å²) < 4.78 is 0. The lowest BCUT2D eigenvalue weighted by Gasteiger charge is -2.25. The summed E-state index contributed by atoms with van der Waals surface area (Å²) in [6.07, 6.45) is 1.93. The minimum atomic E-state index is -0.644. The van der Waals surface area contributed by atoms with Crippen LogP contribution in [0.25, 0.3) is 0 Å². The van der Waals surface area contributed by atoms with E-state index in [1.165, 1.54) is 0 Å². The van der Waals surface area contributed by atoms with Crippen molar-refractivity contribution < 1.29 is 9.90 Å². The monoisotopic (exact) mass is 250 g/mol. The first-order chi connectivity index (χ1) is 8.70. The topological polar surface area (TPSA) is 66.6 Å². The number of hydrogen-bond acceptors (Lipinski definition) is 3. The first kappa shape index (κ1) is 14.7. The number of aliphatic hydroxyl groups excluding tert-OH is 1. The van der Waals surface area contributed by atoms with E-state index in [1.807, 2.05) is 30.3 Å². The van der Waals surface area contributed by atoms with Crippen molar-refractivity contribution in [1.29, 1.82) is 0 Å². The van der Waals surface area contributed by atoms with Crippen LogP contribution in [0.15, 0.2) is 30.3 Å². The third-order valence-electron chi connectivity index (χ3n) is 2.89. The third kappa shape index (κ3) is 4.13. The van der Waals surface area contributed by atoms with Crippen molar-refractivity contribution in [2.24, 2.45) is 5.73 Å².